The van der Waals surface area contributed by atoms with Crippen molar-refractivity contribution in [3.63, 3.8) is 0 Å². The number of benzene rings is 1. The topological polar surface area (TPSA) is 84.6 Å². The Bertz CT molecular complexity index is 771. The number of hydrogen-bond donors (Lipinski definition) is 1. The van der Waals surface area contributed by atoms with Gasteiger partial charge in [-0.3, -0.25) is 9.59 Å². The molecule has 25 heavy (non-hydrogen) atoms. The van der Waals surface area contributed by atoms with Gasteiger partial charge in [0, 0.05) is 26.6 Å². The predicted octanol–water partition coefficient (Wildman–Crippen LogP) is 2.91. The highest BCUT2D eigenvalue weighted by atomic mass is 35.5. The molecule has 0 unspecified atom stereocenters. The molecule has 1 N–H and O–H groups in total. The standard InChI is InChI=1S/C17H17Cl2N3O3/c1-21(9-11-4-5-13(18)14(19)8-11)16(24)12-10-22(7-3-2-6-20)17(25)15(12)23/h4-5,8,23H,2-3,7,9-10H2,1H3. The molecule has 0 saturated carbocycles. The molecule has 6 nitrogen and oxygen atoms in total. The minimum Gasteiger partial charge on any atom is -0.503 e. The molecule has 0 atom stereocenters. The number of aliphatic hydroxyl groups is 1. The van der Waals surface area contributed by atoms with Gasteiger partial charge in [0.25, 0.3) is 11.8 Å². The Labute approximate surface area is 155 Å². The molecule has 0 bridgehead atoms. The van der Waals surface area contributed by atoms with Crippen molar-refractivity contribution in [1.82, 2.24) is 9.80 Å². The van der Waals surface area contributed by atoms with Gasteiger partial charge in [0.15, 0.2) is 5.76 Å². The molecule has 1 heterocycles. The van der Waals surface area contributed by atoms with Gasteiger partial charge < -0.3 is 14.9 Å². The molecule has 1 aromatic carbocycles. The largest absolute Gasteiger partial charge is 0.503 e. The normalized spacial score (nSPS) is 14.0. The number of aliphatic hydroxyl groups excluding tert-OH is 1. The van der Waals surface area contributed by atoms with Crippen LogP contribution in [0.2, 0.25) is 10.0 Å². The minimum atomic E-state index is -0.579. The minimum absolute atomic E-state index is 0.0423. The predicted molar refractivity (Wildman–Crippen MR) is 94.0 cm³/mol. The van der Waals surface area contributed by atoms with Crippen molar-refractivity contribution in [2.24, 2.45) is 0 Å². The first kappa shape index (κ1) is 19.1. The summed E-state index contributed by atoms with van der Waals surface area (Å²) in [5.41, 5.74) is 0.838. The number of halogens is 2. The van der Waals surface area contributed by atoms with Gasteiger partial charge in [0.1, 0.15) is 0 Å². The highest BCUT2D eigenvalue weighted by Crippen LogP contribution is 2.24. The van der Waals surface area contributed by atoms with Crippen LogP contribution in [0.3, 0.4) is 0 Å². The fourth-order valence-electron chi connectivity index (χ4n) is 2.53. The Morgan fingerprint density at radius 1 is 1.40 bits per heavy atom. The van der Waals surface area contributed by atoms with E-state index in [0.29, 0.717) is 29.4 Å². The summed E-state index contributed by atoms with van der Waals surface area (Å²) in [6, 6.07) is 7.05. The molecule has 132 valence electrons. The van der Waals surface area contributed by atoms with E-state index in [-0.39, 0.29) is 18.7 Å². The van der Waals surface area contributed by atoms with Crippen LogP contribution in [0.1, 0.15) is 18.4 Å². The number of hydrogen-bond acceptors (Lipinski definition) is 4. The van der Waals surface area contributed by atoms with E-state index in [0.717, 1.165) is 5.56 Å². The van der Waals surface area contributed by atoms with Crippen LogP contribution >= 0.6 is 23.2 Å². The summed E-state index contributed by atoms with van der Waals surface area (Å²) in [6.07, 6.45) is 0.807. The number of amides is 2. The second kappa shape index (κ2) is 8.24. The second-order valence-corrected chi connectivity index (χ2v) is 6.54. The zero-order valence-corrected chi connectivity index (χ0v) is 15.1. The molecule has 0 aliphatic carbocycles. The van der Waals surface area contributed by atoms with E-state index in [1.807, 2.05) is 6.07 Å². The molecule has 0 fully saturated rings. The van der Waals surface area contributed by atoms with Crippen molar-refractivity contribution >= 4 is 35.0 Å². The van der Waals surface area contributed by atoms with Crippen LogP contribution in [0.4, 0.5) is 0 Å². The van der Waals surface area contributed by atoms with Crippen LogP contribution in [-0.2, 0) is 16.1 Å². The third kappa shape index (κ3) is 4.44. The van der Waals surface area contributed by atoms with Gasteiger partial charge in [0.05, 0.1) is 28.2 Å². The van der Waals surface area contributed by atoms with Gasteiger partial charge >= 0.3 is 0 Å². The molecule has 8 heteroatoms. The Hall–Kier alpha value is -2.23. The van der Waals surface area contributed by atoms with E-state index < -0.39 is 17.6 Å². The lowest BCUT2D eigenvalue weighted by atomic mass is 10.2. The lowest BCUT2D eigenvalue weighted by Gasteiger charge is -2.19. The van der Waals surface area contributed by atoms with Gasteiger partial charge in [0.2, 0.25) is 0 Å². The first-order chi connectivity index (χ1) is 11.8. The summed E-state index contributed by atoms with van der Waals surface area (Å²) in [5, 5.41) is 19.4. The molecule has 1 aliphatic heterocycles. The van der Waals surface area contributed by atoms with Gasteiger partial charge in [-0.05, 0) is 24.1 Å². The van der Waals surface area contributed by atoms with Crippen molar-refractivity contribution in [3.05, 3.63) is 45.1 Å². The quantitative estimate of drug-likeness (QED) is 0.767. The number of carbonyl (C=O) groups excluding carboxylic acids is 2. The second-order valence-electron chi connectivity index (χ2n) is 5.73. The van der Waals surface area contributed by atoms with Crippen LogP contribution in [0.5, 0.6) is 0 Å². The molecule has 1 aromatic rings. The average molecular weight is 382 g/mol. The number of likely N-dealkylation sites (N-methyl/N-ethyl adjacent to an activating group) is 1. The Morgan fingerprint density at radius 2 is 2.12 bits per heavy atom. The van der Waals surface area contributed by atoms with E-state index in [1.54, 1.807) is 25.2 Å². The summed E-state index contributed by atoms with van der Waals surface area (Å²) >= 11 is 11.8. The molecule has 2 amide bonds. The molecule has 0 aromatic heterocycles. The van der Waals surface area contributed by atoms with Crippen LogP contribution in [-0.4, -0.2) is 46.9 Å². The summed E-state index contributed by atoms with van der Waals surface area (Å²) in [4.78, 5) is 27.3. The first-order valence-corrected chi connectivity index (χ1v) is 8.38. The first-order valence-electron chi connectivity index (χ1n) is 7.63. The van der Waals surface area contributed by atoms with E-state index >= 15 is 0 Å². The smallest absolute Gasteiger partial charge is 0.289 e. The van der Waals surface area contributed by atoms with Crippen molar-refractivity contribution < 1.29 is 14.7 Å². The molecular formula is C17H17Cl2N3O3. The number of rotatable bonds is 6. The van der Waals surface area contributed by atoms with E-state index in [9.17, 15) is 14.7 Å². The maximum Gasteiger partial charge on any atom is 0.289 e. The number of nitrogens with zero attached hydrogens (tertiary/aromatic N) is 3. The maximum atomic E-state index is 12.6. The van der Waals surface area contributed by atoms with Crippen LogP contribution in [0.15, 0.2) is 29.5 Å². The van der Waals surface area contributed by atoms with Gasteiger partial charge in [-0.15, -0.1) is 0 Å². The van der Waals surface area contributed by atoms with E-state index in [2.05, 4.69) is 0 Å². The average Bonchev–Trinajstić information content (AvgIpc) is 2.86. The monoisotopic (exact) mass is 381 g/mol. The zero-order chi connectivity index (χ0) is 18.6. The Morgan fingerprint density at radius 3 is 2.76 bits per heavy atom. The Balaban J connectivity index is 2.04. The fourth-order valence-corrected chi connectivity index (χ4v) is 2.85. The van der Waals surface area contributed by atoms with Gasteiger partial charge in [-0.2, -0.15) is 5.26 Å². The van der Waals surface area contributed by atoms with Crippen LogP contribution in [0.25, 0.3) is 0 Å². The third-order valence-corrected chi connectivity index (χ3v) is 4.59. The molecule has 1 aliphatic rings. The lowest BCUT2D eigenvalue weighted by Crippen LogP contribution is -2.31. The number of carbonyl (C=O) groups is 2. The molecule has 0 saturated heterocycles. The van der Waals surface area contributed by atoms with Crippen molar-refractivity contribution in [2.45, 2.75) is 19.4 Å². The molecule has 0 radical (unpaired) electrons. The molecule has 0 spiro atoms. The van der Waals surface area contributed by atoms with Crippen molar-refractivity contribution in [2.75, 3.05) is 20.1 Å². The Kier molecular flexibility index (Phi) is 6.29. The summed E-state index contributed by atoms with van der Waals surface area (Å²) in [6.45, 7) is 0.625. The lowest BCUT2D eigenvalue weighted by molar-refractivity contribution is -0.128. The van der Waals surface area contributed by atoms with Crippen LogP contribution in [0, 0.1) is 11.3 Å². The van der Waals surface area contributed by atoms with Gasteiger partial charge in [-0.1, -0.05) is 29.3 Å². The van der Waals surface area contributed by atoms with Crippen molar-refractivity contribution in [3.8, 4) is 6.07 Å². The third-order valence-electron chi connectivity index (χ3n) is 3.85. The zero-order valence-electron chi connectivity index (χ0n) is 13.6. The van der Waals surface area contributed by atoms with Crippen LogP contribution < -0.4 is 0 Å². The fraction of sp³-hybridized carbons (Fsp3) is 0.353. The highest BCUT2D eigenvalue weighted by Gasteiger charge is 2.34. The van der Waals surface area contributed by atoms with E-state index in [1.165, 1.54) is 9.80 Å². The summed E-state index contributed by atoms with van der Waals surface area (Å²) in [5.74, 6) is -1.54. The number of nitriles is 1. The SMILES string of the molecule is CN(Cc1ccc(Cl)c(Cl)c1)C(=O)C1=C(O)C(=O)N(CCCC#N)C1. The van der Waals surface area contributed by atoms with Crippen molar-refractivity contribution in [1.29, 1.82) is 5.26 Å². The maximum absolute atomic E-state index is 12.6. The molecular weight excluding hydrogens is 365 g/mol. The highest BCUT2D eigenvalue weighted by molar-refractivity contribution is 6.42. The van der Waals surface area contributed by atoms with Gasteiger partial charge in [-0.25, -0.2) is 0 Å². The molecule has 2 rings (SSSR count). The summed E-state index contributed by atoms with van der Waals surface area (Å²) < 4.78 is 0. The summed E-state index contributed by atoms with van der Waals surface area (Å²) in [7, 11) is 1.58. The number of unbranched alkanes of at least 4 members (excludes halogenated alkanes) is 1. The van der Waals surface area contributed by atoms with E-state index in [4.69, 9.17) is 28.5 Å².